The lowest BCUT2D eigenvalue weighted by molar-refractivity contribution is 0.455. The van der Waals surface area contributed by atoms with Gasteiger partial charge in [0.1, 0.15) is 5.82 Å². The van der Waals surface area contributed by atoms with Crippen LogP contribution in [0.15, 0.2) is 48.8 Å². The molecule has 19 heavy (non-hydrogen) atoms. The number of halogens is 1. The molecular formula is C16H19FN2. The summed E-state index contributed by atoms with van der Waals surface area (Å²) in [4.78, 5) is 4.03. The number of hydrogen-bond donors (Lipinski definition) is 1. The molecule has 0 aliphatic rings. The van der Waals surface area contributed by atoms with Crippen molar-refractivity contribution < 1.29 is 4.39 Å². The van der Waals surface area contributed by atoms with Crippen LogP contribution in [0.4, 0.5) is 4.39 Å². The summed E-state index contributed by atoms with van der Waals surface area (Å²) in [5.74, 6) is -0.194. The molecule has 0 aliphatic carbocycles. The monoisotopic (exact) mass is 258 g/mol. The van der Waals surface area contributed by atoms with Crippen molar-refractivity contribution in [1.82, 2.24) is 10.3 Å². The Kier molecular flexibility index (Phi) is 4.63. The SMILES string of the molecule is CCC(N[C@@H](C)c1ccncc1)c1ccc(F)cc1. The van der Waals surface area contributed by atoms with Gasteiger partial charge in [-0.1, -0.05) is 19.1 Å². The van der Waals surface area contributed by atoms with Crippen molar-refractivity contribution in [1.29, 1.82) is 0 Å². The average Bonchev–Trinajstić information content (AvgIpc) is 2.46. The van der Waals surface area contributed by atoms with Crippen LogP contribution in [0, 0.1) is 5.82 Å². The van der Waals surface area contributed by atoms with Gasteiger partial charge in [0.25, 0.3) is 0 Å². The average molecular weight is 258 g/mol. The third-order valence-electron chi connectivity index (χ3n) is 3.34. The summed E-state index contributed by atoms with van der Waals surface area (Å²) < 4.78 is 13.0. The Balaban J connectivity index is 2.09. The summed E-state index contributed by atoms with van der Waals surface area (Å²) in [5.41, 5.74) is 2.32. The molecule has 3 heteroatoms. The van der Waals surface area contributed by atoms with E-state index in [9.17, 15) is 4.39 Å². The highest BCUT2D eigenvalue weighted by Gasteiger charge is 2.13. The molecule has 100 valence electrons. The first-order valence-electron chi connectivity index (χ1n) is 6.62. The van der Waals surface area contributed by atoms with Crippen molar-refractivity contribution in [2.24, 2.45) is 0 Å². The van der Waals surface area contributed by atoms with Crippen LogP contribution >= 0.6 is 0 Å². The van der Waals surface area contributed by atoms with Crippen molar-refractivity contribution in [3.63, 3.8) is 0 Å². The van der Waals surface area contributed by atoms with Gasteiger partial charge in [-0.2, -0.15) is 0 Å². The fourth-order valence-electron chi connectivity index (χ4n) is 2.19. The molecule has 0 saturated heterocycles. The highest BCUT2D eigenvalue weighted by atomic mass is 19.1. The van der Waals surface area contributed by atoms with Gasteiger partial charge in [0.05, 0.1) is 0 Å². The lowest BCUT2D eigenvalue weighted by Gasteiger charge is -2.23. The van der Waals surface area contributed by atoms with Crippen LogP contribution in [0.3, 0.4) is 0 Å². The Morgan fingerprint density at radius 1 is 1.05 bits per heavy atom. The Morgan fingerprint density at radius 2 is 1.68 bits per heavy atom. The van der Waals surface area contributed by atoms with E-state index in [1.807, 2.05) is 24.3 Å². The molecule has 0 radical (unpaired) electrons. The van der Waals surface area contributed by atoms with Crippen molar-refractivity contribution in [3.8, 4) is 0 Å². The molecule has 2 atom stereocenters. The largest absolute Gasteiger partial charge is 0.303 e. The molecule has 0 amide bonds. The minimum Gasteiger partial charge on any atom is -0.303 e. The molecule has 2 rings (SSSR count). The summed E-state index contributed by atoms with van der Waals surface area (Å²) in [6, 6.07) is 11.2. The quantitative estimate of drug-likeness (QED) is 0.876. The van der Waals surface area contributed by atoms with Crippen LogP contribution in [0.2, 0.25) is 0 Å². The minimum absolute atomic E-state index is 0.194. The van der Waals surface area contributed by atoms with Crippen molar-refractivity contribution in [2.75, 3.05) is 0 Å². The first kappa shape index (κ1) is 13.7. The zero-order chi connectivity index (χ0) is 13.7. The van der Waals surface area contributed by atoms with Gasteiger partial charge in [-0.25, -0.2) is 4.39 Å². The standard InChI is InChI=1S/C16H19FN2/c1-3-16(14-4-6-15(17)7-5-14)19-12(2)13-8-10-18-11-9-13/h4-12,16,19H,3H2,1-2H3/t12-,16?/m0/s1. The van der Waals surface area contributed by atoms with Crippen LogP contribution in [-0.2, 0) is 0 Å². The van der Waals surface area contributed by atoms with Crippen LogP contribution in [0.25, 0.3) is 0 Å². The van der Waals surface area contributed by atoms with E-state index in [-0.39, 0.29) is 17.9 Å². The molecule has 0 bridgehead atoms. The summed E-state index contributed by atoms with van der Waals surface area (Å²) in [5, 5.41) is 3.57. The number of nitrogens with zero attached hydrogens (tertiary/aromatic N) is 1. The first-order chi connectivity index (χ1) is 9.20. The van der Waals surface area contributed by atoms with Gasteiger partial charge in [0.2, 0.25) is 0 Å². The first-order valence-corrected chi connectivity index (χ1v) is 6.62. The summed E-state index contributed by atoms with van der Waals surface area (Å²) in [6.07, 6.45) is 4.56. The molecule has 1 unspecified atom stereocenters. The van der Waals surface area contributed by atoms with Crippen LogP contribution in [0.1, 0.15) is 43.5 Å². The maximum Gasteiger partial charge on any atom is 0.123 e. The lowest BCUT2D eigenvalue weighted by atomic mass is 10.0. The molecule has 0 saturated carbocycles. The molecule has 0 fully saturated rings. The summed E-state index contributed by atoms with van der Waals surface area (Å²) in [7, 11) is 0. The fraction of sp³-hybridized carbons (Fsp3) is 0.312. The highest BCUT2D eigenvalue weighted by Crippen LogP contribution is 2.22. The van der Waals surface area contributed by atoms with E-state index in [1.54, 1.807) is 12.4 Å². The fourth-order valence-corrected chi connectivity index (χ4v) is 2.19. The second-order valence-electron chi connectivity index (χ2n) is 4.68. The third-order valence-corrected chi connectivity index (χ3v) is 3.34. The van der Waals surface area contributed by atoms with E-state index in [0.717, 1.165) is 12.0 Å². The topological polar surface area (TPSA) is 24.9 Å². The Labute approximate surface area is 113 Å². The number of nitrogens with one attached hydrogen (secondary N) is 1. The van der Waals surface area contributed by atoms with Crippen molar-refractivity contribution in [2.45, 2.75) is 32.4 Å². The number of hydrogen-bond acceptors (Lipinski definition) is 2. The predicted octanol–water partition coefficient (Wildman–Crippen LogP) is 4.02. The van der Waals surface area contributed by atoms with E-state index in [2.05, 4.69) is 24.1 Å². The van der Waals surface area contributed by atoms with Crippen LogP contribution < -0.4 is 5.32 Å². The molecule has 1 aromatic carbocycles. The Morgan fingerprint density at radius 3 is 2.26 bits per heavy atom. The van der Waals surface area contributed by atoms with E-state index < -0.39 is 0 Å². The van der Waals surface area contributed by atoms with E-state index >= 15 is 0 Å². The van der Waals surface area contributed by atoms with Gasteiger partial charge in [0, 0.05) is 24.5 Å². The maximum absolute atomic E-state index is 13.0. The predicted molar refractivity (Wildman–Crippen MR) is 75.2 cm³/mol. The van der Waals surface area contributed by atoms with Crippen molar-refractivity contribution >= 4 is 0 Å². The van der Waals surface area contributed by atoms with Gasteiger partial charge in [-0.05, 0) is 48.7 Å². The van der Waals surface area contributed by atoms with Gasteiger partial charge >= 0.3 is 0 Å². The maximum atomic E-state index is 13.0. The number of rotatable bonds is 5. The zero-order valence-corrected chi connectivity index (χ0v) is 11.3. The minimum atomic E-state index is -0.194. The second kappa shape index (κ2) is 6.43. The van der Waals surface area contributed by atoms with Gasteiger partial charge in [-0.3, -0.25) is 4.98 Å². The molecular weight excluding hydrogens is 239 g/mol. The van der Waals surface area contributed by atoms with Crippen LogP contribution in [0.5, 0.6) is 0 Å². The Bertz CT molecular complexity index is 496. The van der Waals surface area contributed by atoms with Crippen LogP contribution in [-0.4, -0.2) is 4.98 Å². The number of pyridine rings is 1. The van der Waals surface area contributed by atoms with E-state index in [0.29, 0.717) is 0 Å². The molecule has 1 N–H and O–H groups in total. The molecule has 0 aliphatic heterocycles. The Hall–Kier alpha value is -1.74. The van der Waals surface area contributed by atoms with E-state index in [4.69, 9.17) is 0 Å². The molecule has 1 aromatic heterocycles. The van der Waals surface area contributed by atoms with Gasteiger partial charge < -0.3 is 5.32 Å². The van der Waals surface area contributed by atoms with Crippen molar-refractivity contribution in [3.05, 3.63) is 65.7 Å². The molecule has 1 heterocycles. The molecule has 0 spiro atoms. The number of aromatic nitrogens is 1. The number of benzene rings is 1. The molecule has 2 aromatic rings. The third kappa shape index (κ3) is 3.61. The zero-order valence-electron chi connectivity index (χ0n) is 11.3. The molecule has 2 nitrogen and oxygen atoms in total. The summed E-state index contributed by atoms with van der Waals surface area (Å²) in [6.45, 7) is 4.25. The van der Waals surface area contributed by atoms with E-state index in [1.165, 1.54) is 17.7 Å². The lowest BCUT2D eigenvalue weighted by Crippen LogP contribution is -2.24. The summed E-state index contributed by atoms with van der Waals surface area (Å²) >= 11 is 0. The van der Waals surface area contributed by atoms with Gasteiger partial charge in [-0.15, -0.1) is 0 Å². The second-order valence-corrected chi connectivity index (χ2v) is 4.68. The van der Waals surface area contributed by atoms with Gasteiger partial charge in [0.15, 0.2) is 0 Å². The highest BCUT2D eigenvalue weighted by molar-refractivity contribution is 5.21. The smallest absolute Gasteiger partial charge is 0.123 e. The normalized spacial score (nSPS) is 14.1.